The monoisotopic (exact) mass is 245 g/mol. The Morgan fingerprint density at radius 1 is 1.24 bits per heavy atom. The second-order valence-corrected chi connectivity index (χ2v) is 5.74. The highest BCUT2D eigenvalue weighted by Crippen LogP contribution is 2.22. The average Bonchev–Trinajstić information content (AvgIpc) is 2.73. The van der Waals surface area contributed by atoms with Crippen LogP contribution in [-0.4, -0.2) is 0 Å². The van der Waals surface area contributed by atoms with Crippen molar-refractivity contribution in [3.8, 4) is 0 Å². The van der Waals surface area contributed by atoms with Gasteiger partial charge >= 0.3 is 0 Å². The largest absolute Gasteiger partial charge is 0.324 e. The molecule has 2 rings (SSSR count). The Morgan fingerprint density at radius 2 is 2.06 bits per heavy atom. The number of rotatable bonds is 4. The van der Waals surface area contributed by atoms with Gasteiger partial charge in [0, 0.05) is 10.9 Å². The molecule has 2 N–H and O–H groups in total. The van der Waals surface area contributed by atoms with E-state index in [4.69, 9.17) is 5.73 Å². The van der Waals surface area contributed by atoms with Crippen molar-refractivity contribution in [2.24, 2.45) is 5.73 Å². The van der Waals surface area contributed by atoms with Gasteiger partial charge in [-0.1, -0.05) is 29.8 Å². The van der Waals surface area contributed by atoms with Crippen LogP contribution in [0, 0.1) is 13.8 Å². The predicted octanol–water partition coefficient (Wildman–Crippen LogP) is 4.00. The quantitative estimate of drug-likeness (QED) is 0.865. The molecule has 1 heterocycles. The van der Waals surface area contributed by atoms with Crippen molar-refractivity contribution < 1.29 is 0 Å². The van der Waals surface area contributed by atoms with Crippen molar-refractivity contribution in [3.05, 3.63) is 57.3 Å². The van der Waals surface area contributed by atoms with Gasteiger partial charge in [-0.15, -0.1) is 11.3 Å². The summed E-state index contributed by atoms with van der Waals surface area (Å²) in [4.78, 5) is 1.34. The van der Waals surface area contributed by atoms with Crippen LogP contribution in [0.15, 0.2) is 35.7 Å². The first-order chi connectivity index (χ1) is 8.15. The van der Waals surface area contributed by atoms with Crippen LogP contribution in [0.5, 0.6) is 0 Å². The first-order valence-corrected chi connectivity index (χ1v) is 6.89. The first kappa shape index (κ1) is 12.3. The number of hydrogen-bond donors (Lipinski definition) is 1. The summed E-state index contributed by atoms with van der Waals surface area (Å²) < 4.78 is 0. The van der Waals surface area contributed by atoms with E-state index in [-0.39, 0.29) is 6.04 Å². The molecule has 17 heavy (non-hydrogen) atoms. The maximum absolute atomic E-state index is 6.20. The molecule has 2 heteroatoms. The Hall–Kier alpha value is -1.12. The summed E-state index contributed by atoms with van der Waals surface area (Å²) in [5.74, 6) is 0. The maximum atomic E-state index is 6.20. The summed E-state index contributed by atoms with van der Waals surface area (Å²) in [6.45, 7) is 4.26. The third-order valence-corrected chi connectivity index (χ3v) is 3.89. The number of thiophene rings is 1. The first-order valence-electron chi connectivity index (χ1n) is 6.01. The molecule has 0 saturated carbocycles. The van der Waals surface area contributed by atoms with Gasteiger partial charge in [0.15, 0.2) is 0 Å². The molecule has 0 aliphatic carbocycles. The summed E-state index contributed by atoms with van der Waals surface area (Å²) in [6.07, 6.45) is 2.07. The topological polar surface area (TPSA) is 26.0 Å². The molecule has 0 aliphatic rings. The van der Waals surface area contributed by atoms with Gasteiger partial charge in [0.2, 0.25) is 0 Å². The zero-order valence-electron chi connectivity index (χ0n) is 10.4. The highest BCUT2D eigenvalue weighted by atomic mass is 32.1. The molecule has 0 bridgehead atoms. The number of hydrogen-bond acceptors (Lipinski definition) is 2. The van der Waals surface area contributed by atoms with Gasteiger partial charge in [-0.2, -0.15) is 0 Å². The van der Waals surface area contributed by atoms with Crippen molar-refractivity contribution >= 4 is 11.3 Å². The lowest BCUT2D eigenvalue weighted by Crippen LogP contribution is -2.10. The highest BCUT2D eigenvalue weighted by Gasteiger charge is 2.07. The molecule has 1 aromatic heterocycles. The lowest BCUT2D eigenvalue weighted by atomic mass is 10.0. The van der Waals surface area contributed by atoms with Crippen molar-refractivity contribution in [2.75, 3.05) is 0 Å². The van der Waals surface area contributed by atoms with Crippen LogP contribution >= 0.6 is 11.3 Å². The summed E-state index contributed by atoms with van der Waals surface area (Å²) in [6, 6.07) is 11.0. The van der Waals surface area contributed by atoms with E-state index in [1.165, 1.54) is 21.6 Å². The number of aryl methyl sites for hydroxylation is 3. The molecule has 0 saturated heterocycles. The van der Waals surface area contributed by atoms with Crippen molar-refractivity contribution in [1.82, 2.24) is 0 Å². The van der Waals surface area contributed by atoms with Gasteiger partial charge in [0.1, 0.15) is 0 Å². The molecule has 1 unspecified atom stereocenters. The fourth-order valence-corrected chi connectivity index (χ4v) is 2.78. The van der Waals surface area contributed by atoms with E-state index in [9.17, 15) is 0 Å². The Balaban J connectivity index is 1.94. The van der Waals surface area contributed by atoms with Gasteiger partial charge in [-0.25, -0.2) is 0 Å². The van der Waals surface area contributed by atoms with Crippen LogP contribution in [0.1, 0.15) is 34.0 Å². The van der Waals surface area contributed by atoms with Crippen LogP contribution in [0.2, 0.25) is 0 Å². The van der Waals surface area contributed by atoms with Crippen LogP contribution in [0.4, 0.5) is 0 Å². The van der Waals surface area contributed by atoms with Crippen LogP contribution in [-0.2, 0) is 6.42 Å². The molecule has 0 radical (unpaired) electrons. The summed E-state index contributed by atoms with van der Waals surface area (Å²) in [5, 5.41) is 2.18. The molecule has 2 aromatic rings. The van der Waals surface area contributed by atoms with Crippen molar-refractivity contribution in [3.63, 3.8) is 0 Å². The Morgan fingerprint density at radius 3 is 2.71 bits per heavy atom. The Labute approximate surface area is 107 Å². The standard InChI is InChI=1S/C15H19NS/c1-11-4-3-5-13(8-11)6-7-15(16)14-9-12(2)17-10-14/h3-5,8-10,15H,6-7,16H2,1-2H3. The lowest BCUT2D eigenvalue weighted by Gasteiger charge is -2.10. The molecule has 0 amide bonds. The molecule has 1 aromatic carbocycles. The van der Waals surface area contributed by atoms with Gasteiger partial charge in [-0.05, 0) is 49.3 Å². The molecule has 0 aliphatic heterocycles. The molecule has 0 spiro atoms. The predicted molar refractivity (Wildman–Crippen MR) is 75.5 cm³/mol. The van der Waals surface area contributed by atoms with E-state index in [0.29, 0.717) is 0 Å². The van der Waals surface area contributed by atoms with Gasteiger partial charge in [0.05, 0.1) is 0 Å². The lowest BCUT2D eigenvalue weighted by molar-refractivity contribution is 0.653. The highest BCUT2D eigenvalue weighted by molar-refractivity contribution is 7.10. The van der Waals surface area contributed by atoms with Crippen LogP contribution < -0.4 is 5.73 Å². The summed E-state index contributed by atoms with van der Waals surface area (Å²) in [5.41, 5.74) is 10.2. The summed E-state index contributed by atoms with van der Waals surface area (Å²) >= 11 is 1.78. The molecule has 0 fully saturated rings. The Kier molecular flexibility index (Phi) is 3.97. The third-order valence-electron chi connectivity index (χ3n) is 3.01. The molecule has 1 atom stereocenters. The van der Waals surface area contributed by atoms with E-state index in [2.05, 4.69) is 49.6 Å². The second kappa shape index (κ2) is 5.48. The van der Waals surface area contributed by atoms with Gasteiger partial charge < -0.3 is 5.73 Å². The molecular formula is C15H19NS. The minimum atomic E-state index is 0.167. The van der Waals surface area contributed by atoms with Crippen molar-refractivity contribution in [2.45, 2.75) is 32.7 Å². The molecular weight excluding hydrogens is 226 g/mol. The minimum Gasteiger partial charge on any atom is -0.324 e. The van der Waals surface area contributed by atoms with E-state index < -0.39 is 0 Å². The fourth-order valence-electron chi connectivity index (χ4n) is 2.01. The van der Waals surface area contributed by atoms with Gasteiger partial charge in [-0.3, -0.25) is 0 Å². The summed E-state index contributed by atoms with van der Waals surface area (Å²) in [7, 11) is 0. The third kappa shape index (κ3) is 3.42. The zero-order chi connectivity index (χ0) is 12.3. The SMILES string of the molecule is Cc1cccc(CCC(N)c2csc(C)c2)c1. The molecule has 1 nitrogen and oxygen atoms in total. The second-order valence-electron chi connectivity index (χ2n) is 4.62. The van der Waals surface area contributed by atoms with E-state index in [1.54, 1.807) is 11.3 Å². The zero-order valence-corrected chi connectivity index (χ0v) is 11.3. The molecule has 90 valence electrons. The number of nitrogens with two attached hydrogens (primary N) is 1. The Bertz CT molecular complexity index is 487. The van der Waals surface area contributed by atoms with Crippen LogP contribution in [0.3, 0.4) is 0 Å². The normalized spacial score (nSPS) is 12.6. The maximum Gasteiger partial charge on any atom is 0.0306 e. The van der Waals surface area contributed by atoms with Crippen molar-refractivity contribution in [1.29, 1.82) is 0 Å². The van der Waals surface area contributed by atoms with E-state index in [0.717, 1.165) is 12.8 Å². The smallest absolute Gasteiger partial charge is 0.0306 e. The van der Waals surface area contributed by atoms with Gasteiger partial charge in [0.25, 0.3) is 0 Å². The fraction of sp³-hybridized carbons (Fsp3) is 0.333. The average molecular weight is 245 g/mol. The van der Waals surface area contributed by atoms with Crippen LogP contribution in [0.25, 0.3) is 0 Å². The van der Waals surface area contributed by atoms with E-state index in [1.807, 2.05) is 0 Å². The van der Waals surface area contributed by atoms with E-state index >= 15 is 0 Å². The minimum absolute atomic E-state index is 0.167. The number of benzene rings is 1.